The Hall–Kier alpha value is -1.75. The molecule has 1 saturated heterocycles. The van der Waals surface area contributed by atoms with Crippen LogP contribution in [0.2, 0.25) is 0 Å². The van der Waals surface area contributed by atoms with E-state index < -0.39 is 5.60 Å². The van der Waals surface area contributed by atoms with Gasteiger partial charge in [-0.1, -0.05) is 12.1 Å². The average Bonchev–Trinajstić information content (AvgIpc) is 2.35. The van der Waals surface area contributed by atoms with Crippen molar-refractivity contribution in [2.24, 2.45) is 11.7 Å². The van der Waals surface area contributed by atoms with Crippen LogP contribution in [0.4, 0.5) is 10.5 Å². The maximum absolute atomic E-state index is 11.8. The quantitative estimate of drug-likeness (QED) is 0.894. The van der Waals surface area contributed by atoms with Crippen LogP contribution in [0.15, 0.2) is 24.3 Å². The zero-order valence-corrected chi connectivity index (χ0v) is 13.1. The number of likely N-dealkylation sites (tertiary alicyclic amines) is 1. The van der Waals surface area contributed by atoms with Crippen LogP contribution >= 0.6 is 0 Å². The Morgan fingerprint density at radius 2 is 1.95 bits per heavy atom. The van der Waals surface area contributed by atoms with Gasteiger partial charge in [0.25, 0.3) is 0 Å². The largest absolute Gasteiger partial charge is 0.444 e. The second-order valence-corrected chi connectivity index (χ2v) is 6.53. The molecule has 0 radical (unpaired) electrons. The minimum absolute atomic E-state index is 0.217. The topological polar surface area (TPSA) is 67.6 Å². The molecule has 2 rings (SSSR count). The van der Waals surface area contributed by atoms with E-state index in [9.17, 15) is 4.79 Å². The lowest BCUT2D eigenvalue weighted by atomic mass is 10.0. The summed E-state index contributed by atoms with van der Waals surface area (Å²) in [6.45, 7) is 8.58. The summed E-state index contributed by atoms with van der Waals surface area (Å²) in [5.41, 5.74) is 7.36. The van der Waals surface area contributed by atoms with E-state index >= 15 is 0 Å². The molecule has 0 aromatic heterocycles. The molecule has 116 valence electrons. The standard InChI is InChI=1S/C16H25N3O2/c1-16(2,3)21-15(20)19-10-13(11-19)9-18-14-6-4-12(8-17)5-7-14/h4-7,13,18H,8-11,17H2,1-3H3. The van der Waals surface area contributed by atoms with Crippen LogP contribution in [0.3, 0.4) is 0 Å². The Balaban J connectivity index is 1.69. The number of rotatable bonds is 4. The number of nitrogens with two attached hydrogens (primary N) is 1. The third kappa shape index (κ3) is 4.63. The Kier molecular flexibility index (Phi) is 4.73. The number of carbonyl (C=O) groups is 1. The minimum Gasteiger partial charge on any atom is -0.444 e. The van der Waals surface area contributed by atoms with E-state index in [1.165, 1.54) is 0 Å². The molecule has 1 aliphatic rings. The van der Waals surface area contributed by atoms with Gasteiger partial charge in [0.1, 0.15) is 5.60 Å². The van der Waals surface area contributed by atoms with Crippen molar-refractivity contribution in [2.45, 2.75) is 32.9 Å². The molecule has 1 aromatic carbocycles. The van der Waals surface area contributed by atoms with Crippen LogP contribution < -0.4 is 11.1 Å². The van der Waals surface area contributed by atoms with Gasteiger partial charge in [-0.05, 0) is 38.5 Å². The van der Waals surface area contributed by atoms with Crippen molar-refractivity contribution >= 4 is 11.8 Å². The van der Waals surface area contributed by atoms with Crippen LogP contribution in [0.1, 0.15) is 26.3 Å². The normalized spacial score (nSPS) is 15.5. The molecule has 21 heavy (non-hydrogen) atoms. The van der Waals surface area contributed by atoms with Crippen molar-refractivity contribution in [3.63, 3.8) is 0 Å². The molecule has 1 heterocycles. The highest BCUT2D eigenvalue weighted by Gasteiger charge is 2.33. The molecular formula is C16H25N3O2. The number of anilines is 1. The van der Waals surface area contributed by atoms with Gasteiger partial charge in [0.2, 0.25) is 0 Å². The second-order valence-electron chi connectivity index (χ2n) is 6.53. The fraction of sp³-hybridized carbons (Fsp3) is 0.562. The summed E-state index contributed by atoms with van der Waals surface area (Å²) in [6.07, 6.45) is -0.217. The SMILES string of the molecule is CC(C)(C)OC(=O)N1CC(CNc2ccc(CN)cc2)C1. The van der Waals surface area contributed by atoms with Gasteiger partial charge in [-0.25, -0.2) is 4.79 Å². The van der Waals surface area contributed by atoms with Crippen molar-refractivity contribution in [1.29, 1.82) is 0 Å². The molecule has 1 amide bonds. The third-order valence-corrected chi connectivity index (χ3v) is 3.39. The van der Waals surface area contributed by atoms with E-state index in [-0.39, 0.29) is 6.09 Å². The average molecular weight is 291 g/mol. The summed E-state index contributed by atoms with van der Waals surface area (Å²) in [7, 11) is 0. The molecule has 0 spiro atoms. The van der Waals surface area contributed by atoms with Gasteiger partial charge >= 0.3 is 6.09 Å². The maximum atomic E-state index is 11.8. The van der Waals surface area contributed by atoms with Gasteiger partial charge in [0.15, 0.2) is 0 Å². The van der Waals surface area contributed by atoms with Crippen LogP contribution in [0.5, 0.6) is 0 Å². The molecule has 0 aliphatic carbocycles. The number of hydrogen-bond acceptors (Lipinski definition) is 4. The van der Waals surface area contributed by atoms with Crippen molar-refractivity contribution < 1.29 is 9.53 Å². The molecule has 5 nitrogen and oxygen atoms in total. The van der Waals surface area contributed by atoms with E-state index in [2.05, 4.69) is 5.32 Å². The van der Waals surface area contributed by atoms with E-state index in [4.69, 9.17) is 10.5 Å². The smallest absolute Gasteiger partial charge is 0.410 e. The first-order chi connectivity index (χ1) is 9.87. The maximum Gasteiger partial charge on any atom is 0.410 e. The Bertz CT molecular complexity index is 473. The van der Waals surface area contributed by atoms with Gasteiger partial charge < -0.3 is 20.7 Å². The Labute approximate surface area is 126 Å². The van der Waals surface area contributed by atoms with E-state index in [1.54, 1.807) is 4.90 Å². The van der Waals surface area contributed by atoms with Crippen LogP contribution in [0, 0.1) is 5.92 Å². The first kappa shape index (κ1) is 15.6. The molecule has 3 N–H and O–H groups in total. The lowest BCUT2D eigenvalue weighted by Crippen LogP contribution is -2.53. The number of carbonyl (C=O) groups excluding carboxylic acids is 1. The summed E-state index contributed by atoms with van der Waals surface area (Å²) in [6, 6.07) is 8.12. The van der Waals surface area contributed by atoms with E-state index in [0.717, 1.165) is 30.9 Å². The first-order valence-electron chi connectivity index (χ1n) is 7.38. The molecule has 1 aromatic rings. The predicted octanol–water partition coefficient (Wildman–Crippen LogP) is 2.42. The predicted molar refractivity (Wildman–Crippen MR) is 84.1 cm³/mol. The van der Waals surface area contributed by atoms with E-state index in [0.29, 0.717) is 12.5 Å². The number of hydrogen-bond donors (Lipinski definition) is 2. The zero-order chi connectivity index (χ0) is 15.5. The van der Waals surface area contributed by atoms with E-state index in [1.807, 2.05) is 45.0 Å². The van der Waals surface area contributed by atoms with Gasteiger partial charge in [0.05, 0.1) is 0 Å². The van der Waals surface area contributed by atoms with Gasteiger partial charge in [-0.3, -0.25) is 0 Å². The minimum atomic E-state index is -0.425. The molecule has 0 unspecified atom stereocenters. The van der Waals surface area contributed by atoms with Crippen molar-refractivity contribution in [2.75, 3.05) is 25.0 Å². The number of amides is 1. The van der Waals surface area contributed by atoms with Gasteiger partial charge in [0, 0.05) is 37.8 Å². The van der Waals surface area contributed by atoms with Crippen LogP contribution in [-0.2, 0) is 11.3 Å². The molecule has 1 aliphatic heterocycles. The molecular weight excluding hydrogens is 266 g/mol. The van der Waals surface area contributed by atoms with Gasteiger partial charge in [-0.2, -0.15) is 0 Å². The van der Waals surface area contributed by atoms with Crippen LogP contribution in [0.25, 0.3) is 0 Å². The van der Waals surface area contributed by atoms with Crippen molar-refractivity contribution in [3.8, 4) is 0 Å². The monoisotopic (exact) mass is 291 g/mol. The van der Waals surface area contributed by atoms with Crippen molar-refractivity contribution in [1.82, 2.24) is 4.90 Å². The summed E-state index contributed by atoms with van der Waals surface area (Å²) < 4.78 is 5.33. The Morgan fingerprint density at radius 3 is 2.48 bits per heavy atom. The molecule has 1 fully saturated rings. The van der Waals surface area contributed by atoms with Crippen molar-refractivity contribution in [3.05, 3.63) is 29.8 Å². The highest BCUT2D eigenvalue weighted by atomic mass is 16.6. The van der Waals surface area contributed by atoms with Gasteiger partial charge in [-0.15, -0.1) is 0 Å². The third-order valence-electron chi connectivity index (χ3n) is 3.39. The summed E-state index contributed by atoms with van der Waals surface area (Å²) in [5.74, 6) is 0.478. The number of ether oxygens (including phenoxy) is 1. The Morgan fingerprint density at radius 1 is 1.33 bits per heavy atom. The summed E-state index contributed by atoms with van der Waals surface area (Å²) in [4.78, 5) is 13.5. The fourth-order valence-corrected chi connectivity index (χ4v) is 2.20. The lowest BCUT2D eigenvalue weighted by molar-refractivity contribution is 0.000847. The molecule has 0 bridgehead atoms. The zero-order valence-electron chi connectivity index (χ0n) is 13.1. The summed E-state index contributed by atoms with van der Waals surface area (Å²) in [5, 5.41) is 3.39. The lowest BCUT2D eigenvalue weighted by Gasteiger charge is -2.40. The summed E-state index contributed by atoms with van der Waals surface area (Å²) >= 11 is 0. The molecule has 0 saturated carbocycles. The fourth-order valence-electron chi connectivity index (χ4n) is 2.20. The molecule has 0 atom stereocenters. The first-order valence-corrected chi connectivity index (χ1v) is 7.38. The molecule has 5 heteroatoms. The number of nitrogens with one attached hydrogen (secondary N) is 1. The van der Waals surface area contributed by atoms with Crippen LogP contribution in [-0.4, -0.2) is 36.2 Å². The number of benzene rings is 1. The second kappa shape index (κ2) is 6.35. The highest BCUT2D eigenvalue weighted by Crippen LogP contribution is 2.20. The number of nitrogens with zero attached hydrogens (tertiary/aromatic N) is 1. The highest BCUT2D eigenvalue weighted by molar-refractivity contribution is 5.69.